The van der Waals surface area contributed by atoms with E-state index >= 15 is 0 Å². The molecule has 7 rings (SSSR count). The van der Waals surface area contributed by atoms with Gasteiger partial charge in [-0.1, -0.05) is 42.1 Å². The molecule has 5 heterocycles. The van der Waals surface area contributed by atoms with Gasteiger partial charge in [-0.05, 0) is 29.8 Å². The first-order valence-electron chi connectivity index (χ1n) is 11.8. The molecule has 2 fully saturated rings. The maximum absolute atomic E-state index is 13.6. The van der Waals surface area contributed by atoms with E-state index < -0.39 is 37.9 Å². The Bertz CT molecular complexity index is 1820. The third kappa shape index (κ3) is 4.17. The van der Waals surface area contributed by atoms with E-state index in [4.69, 9.17) is 13.8 Å². The summed E-state index contributed by atoms with van der Waals surface area (Å²) >= 11 is 1.16. The zero-order valence-electron chi connectivity index (χ0n) is 19.8. The first-order valence-corrected chi connectivity index (χ1v) is 14.1. The highest BCUT2D eigenvalue weighted by molar-refractivity contribution is 7.99. The fourth-order valence-electron chi connectivity index (χ4n) is 4.74. The molecule has 200 valence electrons. The van der Waals surface area contributed by atoms with Crippen molar-refractivity contribution in [3.63, 3.8) is 0 Å². The van der Waals surface area contributed by atoms with E-state index in [2.05, 4.69) is 15.0 Å². The number of fused-ring (bicyclic) bond motifs is 3. The molecule has 2 aromatic carbocycles. The number of phenolic OH excluding ortho intramolecular Hbond substituents is 1. The van der Waals surface area contributed by atoms with Crippen LogP contribution in [0.25, 0.3) is 28.2 Å². The van der Waals surface area contributed by atoms with Crippen LogP contribution < -0.4 is 5.56 Å². The number of nitrogens with zero attached hydrogens (tertiary/aromatic N) is 4. The topological polar surface area (TPSA) is 173 Å². The lowest BCUT2D eigenvalue weighted by Crippen LogP contribution is -2.39. The maximum atomic E-state index is 13.6. The molecule has 0 amide bonds. The van der Waals surface area contributed by atoms with Crippen LogP contribution in [0.5, 0.6) is 5.75 Å². The summed E-state index contributed by atoms with van der Waals surface area (Å²) in [6, 6.07) is 15.8. The Morgan fingerprint density at radius 1 is 1.10 bits per heavy atom. The summed E-state index contributed by atoms with van der Waals surface area (Å²) in [5.41, 5.74) is 1.26. The van der Waals surface area contributed by atoms with E-state index in [-0.39, 0.29) is 34.5 Å². The van der Waals surface area contributed by atoms with E-state index in [9.17, 15) is 24.5 Å². The summed E-state index contributed by atoms with van der Waals surface area (Å²) in [5.74, 6) is 0.332. The lowest BCUT2D eigenvalue weighted by Gasteiger charge is -2.27. The van der Waals surface area contributed by atoms with Gasteiger partial charge in [-0.25, -0.2) is 13.9 Å². The van der Waals surface area contributed by atoms with Gasteiger partial charge in [-0.15, -0.1) is 0 Å². The van der Waals surface area contributed by atoms with Crippen LogP contribution in [-0.4, -0.2) is 63.9 Å². The summed E-state index contributed by atoms with van der Waals surface area (Å²) in [6.07, 6.45) is -2.92. The van der Waals surface area contributed by atoms with Gasteiger partial charge in [-0.2, -0.15) is 4.98 Å². The van der Waals surface area contributed by atoms with Crippen molar-refractivity contribution >= 4 is 36.5 Å². The quantitative estimate of drug-likeness (QED) is 0.234. The minimum Gasteiger partial charge on any atom is -0.508 e. The van der Waals surface area contributed by atoms with Crippen LogP contribution >= 0.6 is 19.6 Å². The Morgan fingerprint density at radius 2 is 1.87 bits per heavy atom. The van der Waals surface area contributed by atoms with Crippen LogP contribution in [0.1, 0.15) is 6.23 Å². The molecule has 5 aromatic rings. The number of rotatable bonds is 4. The van der Waals surface area contributed by atoms with Crippen LogP contribution in [0.3, 0.4) is 0 Å². The Balaban J connectivity index is 1.39. The zero-order chi connectivity index (χ0) is 26.9. The third-order valence-corrected chi connectivity index (χ3v) is 8.53. The molecular formula is C24H20N5O8PS. The average Bonchev–Trinajstić information content (AvgIpc) is 3.60. The second-order valence-electron chi connectivity index (χ2n) is 9.07. The van der Waals surface area contributed by atoms with Crippen LogP contribution in [0.15, 0.2) is 75.6 Å². The van der Waals surface area contributed by atoms with Crippen LogP contribution in [0.2, 0.25) is 0 Å². The molecule has 3 aromatic heterocycles. The van der Waals surface area contributed by atoms with Gasteiger partial charge < -0.3 is 24.8 Å². The molecule has 0 bridgehead atoms. The van der Waals surface area contributed by atoms with Crippen LogP contribution in [0.4, 0.5) is 0 Å². The van der Waals surface area contributed by atoms with E-state index in [1.54, 1.807) is 18.3 Å². The van der Waals surface area contributed by atoms with Crippen LogP contribution in [0, 0.1) is 0 Å². The Kier molecular flexibility index (Phi) is 5.68. The van der Waals surface area contributed by atoms with Crippen molar-refractivity contribution < 1.29 is 33.5 Å². The highest BCUT2D eigenvalue weighted by Crippen LogP contribution is 2.53. The van der Waals surface area contributed by atoms with Crippen molar-refractivity contribution in [3.8, 4) is 17.0 Å². The van der Waals surface area contributed by atoms with Gasteiger partial charge in [0, 0.05) is 11.1 Å². The molecule has 1 unspecified atom stereocenters. The number of phosphoric ester groups is 1. The zero-order valence-corrected chi connectivity index (χ0v) is 21.5. The van der Waals surface area contributed by atoms with Gasteiger partial charge in [0.15, 0.2) is 22.5 Å². The number of aromatic hydroxyl groups is 1. The number of imidazole rings is 2. The van der Waals surface area contributed by atoms with E-state index in [0.29, 0.717) is 10.6 Å². The average molecular weight is 569 g/mol. The van der Waals surface area contributed by atoms with Crippen LogP contribution in [-0.2, 0) is 18.3 Å². The lowest BCUT2D eigenvalue weighted by atomic mass is 10.1. The normalized spacial score (nSPS) is 26.8. The number of hydrogen-bond acceptors (Lipinski definition) is 10. The summed E-state index contributed by atoms with van der Waals surface area (Å²) in [4.78, 5) is 36.5. The predicted octanol–water partition coefficient (Wildman–Crippen LogP) is 2.67. The van der Waals surface area contributed by atoms with Gasteiger partial charge in [-0.3, -0.25) is 18.4 Å². The molecule has 0 radical (unpaired) electrons. The second kappa shape index (κ2) is 9.03. The molecule has 0 saturated carbocycles. The van der Waals surface area contributed by atoms with Crippen molar-refractivity contribution in [1.82, 2.24) is 23.9 Å². The maximum Gasteiger partial charge on any atom is 0.472 e. The van der Waals surface area contributed by atoms with Crippen molar-refractivity contribution in [2.75, 3.05) is 6.61 Å². The van der Waals surface area contributed by atoms with E-state index in [1.165, 1.54) is 21.1 Å². The first-order chi connectivity index (χ1) is 18.8. The highest BCUT2D eigenvalue weighted by Gasteiger charge is 2.53. The van der Waals surface area contributed by atoms with E-state index in [0.717, 1.165) is 17.3 Å². The third-order valence-electron chi connectivity index (χ3n) is 6.57. The summed E-state index contributed by atoms with van der Waals surface area (Å²) in [6.45, 7) is -0.267. The number of nitrogens with one attached hydrogen (secondary N) is 1. The largest absolute Gasteiger partial charge is 0.508 e. The predicted molar refractivity (Wildman–Crippen MR) is 137 cm³/mol. The monoisotopic (exact) mass is 569 g/mol. The number of aliphatic hydroxyl groups is 1. The number of hydrogen-bond donors (Lipinski definition) is 4. The fourth-order valence-corrected chi connectivity index (χ4v) is 6.62. The number of phenols is 1. The number of aliphatic hydroxyl groups excluding tert-OH is 1. The van der Waals surface area contributed by atoms with Gasteiger partial charge in [0.1, 0.15) is 24.1 Å². The Hall–Kier alpha value is -3.49. The fraction of sp³-hybridized carbons (Fsp3) is 0.208. The molecule has 2 aliphatic rings. The minimum absolute atomic E-state index is 0.0306. The summed E-state index contributed by atoms with van der Waals surface area (Å²) in [5, 5.41) is 21.1. The summed E-state index contributed by atoms with van der Waals surface area (Å²) in [7, 11) is -4.35. The molecule has 39 heavy (non-hydrogen) atoms. The van der Waals surface area contributed by atoms with Gasteiger partial charge >= 0.3 is 7.82 Å². The van der Waals surface area contributed by atoms with Crippen molar-refractivity contribution in [3.05, 3.63) is 71.1 Å². The van der Waals surface area contributed by atoms with Gasteiger partial charge in [0.05, 0.1) is 12.3 Å². The standard InChI is InChI=1S/C24H20N5O8PS/c30-13-6-8-14(9-7-13)39-24-26-17-20(29(24)22-18(31)19-16(36-22)11-35-38(33,34)37-19)27-23-25-15(10-28(23)21(17)32)12-4-2-1-3-5-12/h1-10,16,18-19,22,30-31H,11H2,(H,25,27)(H,33,34)/t16-,18-,19-,22-/m1/s1. The highest BCUT2D eigenvalue weighted by atomic mass is 32.2. The molecule has 4 N–H and O–H groups in total. The van der Waals surface area contributed by atoms with Crippen molar-refractivity contribution in [2.24, 2.45) is 0 Å². The second-order valence-corrected chi connectivity index (χ2v) is 11.5. The molecule has 2 saturated heterocycles. The summed E-state index contributed by atoms with van der Waals surface area (Å²) < 4.78 is 30.9. The Morgan fingerprint density at radius 3 is 2.64 bits per heavy atom. The van der Waals surface area contributed by atoms with Gasteiger partial charge in [0.25, 0.3) is 5.56 Å². The Labute approximate surface area is 223 Å². The number of aromatic amines is 1. The minimum atomic E-state index is -4.35. The molecule has 2 aliphatic heterocycles. The first kappa shape index (κ1) is 24.5. The lowest BCUT2D eigenvalue weighted by molar-refractivity contribution is -0.0684. The van der Waals surface area contributed by atoms with Crippen molar-refractivity contribution in [2.45, 2.75) is 34.6 Å². The number of H-pyrrole nitrogens is 1. The smallest absolute Gasteiger partial charge is 0.472 e. The number of ether oxygens (including phenoxy) is 1. The number of phosphoric acid groups is 1. The number of aromatic nitrogens is 5. The van der Waals surface area contributed by atoms with Crippen molar-refractivity contribution in [1.29, 1.82) is 0 Å². The van der Waals surface area contributed by atoms with Gasteiger partial charge in [0.2, 0.25) is 5.78 Å². The molecular weight excluding hydrogens is 549 g/mol. The molecule has 13 nitrogen and oxygen atoms in total. The molecule has 0 aliphatic carbocycles. The van der Waals surface area contributed by atoms with E-state index in [1.807, 2.05) is 30.3 Å². The number of benzene rings is 2. The SMILES string of the molecule is O=c1c2nc(Sc3ccc(O)cc3)n([C@@H]3O[C@@H]4COP(=O)(O)O[C@H]4[C@H]3O)c2nc2[nH]c(-c3ccccc3)cn12. The molecule has 0 spiro atoms. The molecule has 5 atom stereocenters. The molecule has 15 heteroatoms.